The van der Waals surface area contributed by atoms with E-state index in [-0.39, 0.29) is 5.91 Å². The van der Waals surface area contributed by atoms with E-state index in [4.69, 9.17) is 14.2 Å². The number of carbonyl (C=O) groups excluding carboxylic acids is 1. The molecule has 0 aliphatic heterocycles. The molecule has 0 bridgehead atoms. The second kappa shape index (κ2) is 9.83. The number of amides is 1. The van der Waals surface area contributed by atoms with Crippen LogP contribution in [0.3, 0.4) is 0 Å². The zero-order valence-corrected chi connectivity index (χ0v) is 12.8. The number of ether oxygens (including phenoxy) is 3. The second-order valence-electron chi connectivity index (χ2n) is 4.28. The van der Waals surface area contributed by atoms with E-state index in [1.54, 1.807) is 26.4 Å². The minimum absolute atomic E-state index is 0.142. The number of carbonyl (C=O) groups is 1. The summed E-state index contributed by atoms with van der Waals surface area (Å²) in [5.74, 6) is 1.26. The zero-order chi connectivity index (χ0) is 15.5. The molecule has 0 radical (unpaired) electrons. The van der Waals surface area contributed by atoms with Crippen molar-refractivity contribution in [3.05, 3.63) is 29.8 Å². The van der Waals surface area contributed by atoms with Crippen LogP contribution in [0.1, 0.15) is 18.9 Å². The van der Waals surface area contributed by atoms with Crippen LogP contribution in [0.25, 0.3) is 6.08 Å². The van der Waals surface area contributed by atoms with Gasteiger partial charge in [0, 0.05) is 31.4 Å². The summed E-state index contributed by atoms with van der Waals surface area (Å²) < 4.78 is 15.6. The quantitative estimate of drug-likeness (QED) is 0.560. The molecule has 1 amide bonds. The van der Waals surface area contributed by atoms with Gasteiger partial charge in [0.05, 0.1) is 14.2 Å². The molecule has 0 unspecified atom stereocenters. The Kier molecular flexibility index (Phi) is 7.97. The SMILES string of the molecule is CCOCCCNC(=O)/C=C/c1cc(OC)ccc1OC. The van der Waals surface area contributed by atoms with Crippen LogP contribution >= 0.6 is 0 Å². The lowest BCUT2D eigenvalue weighted by Crippen LogP contribution is -2.23. The van der Waals surface area contributed by atoms with E-state index >= 15 is 0 Å². The summed E-state index contributed by atoms with van der Waals surface area (Å²) >= 11 is 0. The van der Waals surface area contributed by atoms with Crippen molar-refractivity contribution in [3.8, 4) is 11.5 Å². The molecule has 1 N–H and O–H groups in total. The Balaban J connectivity index is 2.53. The van der Waals surface area contributed by atoms with Gasteiger partial charge in [0.15, 0.2) is 0 Å². The first-order valence-electron chi connectivity index (χ1n) is 6.97. The van der Waals surface area contributed by atoms with Gasteiger partial charge < -0.3 is 19.5 Å². The van der Waals surface area contributed by atoms with Crippen molar-refractivity contribution >= 4 is 12.0 Å². The minimum Gasteiger partial charge on any atom is -0.497 e. The Hall–Kier alpha value is -2.01. The highest BCUT2D eigenvalue weighted by Gasteiger charge is 2.02. The van der Waals surface area contributed by atoms with Crippen LogP contribution in [-0.4, -0.2) is 39.9 Å². The molecule has 0 heterocycles. The predicted octanol–water partition coefficient (Wildman–Crippen LogP) is 2.26. The fraction of sp³-hybridized carbons (Fsp3) is 0.438. The van der Waals surface area contributed by atoms with Crippen LogP contribution in [0.4, 0.5) is 0 Å². The standard InChI is InChI=1S/C16H23NO4/c1-4-21-11-5-10-17-16(18)9-6-13-12-14(19-2)7-8-15(13)20-3/h6-9,12H,4-5,10-11H2,1-3H3,(H,17,18)/b9-6+. The van der Waals surface area contributed by atoms with Crippen molar-refractivity contribution in [1.29, 1.82) is 0 Å². The molecule has 116 valence electrons. The van der Waals surface area contributed by atoms with Crippen LogP contribution in [0.15, 0.2) is 24.3 Å². The molecular weight excluding hydrogens is 270 g/mol. The van der Waals surface area contributed by atoms with E-state index in [0.717, 1.165) is 12.0 Å². The summed E-state index contributed by atoms with van der Waals surface area (Å²) in [6.45, 7) is 3.90. The van der Waals surface area contributed by atoms with E-state index in [1.807, 2.05) is 19.1 Å². The summed E-state index contributed by atoms with van der Waals surface area (Å²) in [5, 5.41) is 2.80. The molecule has 1 rings (SSSR count). The normalized spacial score (nSPS) is 10.6. The fourth-order valence-electron chi connectivity index (χ4n) is 1.72. The number of hydrogen-bond acceptors (Lipinski definition) is 4. The van der Waals surface area contributed by atoms with Gasteiger partial charge >= 0.3 is 0 Å². The van der Waals surface area contributed by atoms with Crippen LogP contribution in [0, 0.1) is 0 Å². The number of methoxy groups -OCH3 is 2. The molecule has 0 aromatic heterocycles. The first-order valence-corrected chi connectivity index (χ1v) is 6.97. The Labute approximate surface area is 125 Å². The van der Waals surface area contributed by atoms with Crippen LogP contribution in [0.5, 0.6) is 11.5 Å². The molecule has 0 saturated carbocycles. The van der Waals surface area contributed by atoms with E-state index in [9.17, 15) is 4.79 Å². The highest BCUT2D eigenvalue weighted by molar-refractivity contribution is 5.92. The monoisotopic (exact) mass is 293 g/mol. The molecule has 0 aliphatic carbocycles. The molecular formula is C16H23NO4. The molecule has 0 atom stereocenters. The van der Waals surface area contributed by atoms with E-state index in [2.05, 4.69) is 5.32 Å². The summed E-state index contributed by atoms with van der Waals surface area (Å²) in [6.07, 6.45) is 3.99. The van der Waals surface area contributed by atoms with Crippen molar-refractivity contribution in [2.45, 2.75) is 13.3 Å². The lowest BCUT2D eigenvalue weighted by Gasteiger charge is -2.07. The zero-order valence-electron chi connectivity index (χ0n) is 12.8. The molecule has 1 aromatic rings. The van der Waals surface area contributed by atoms with Gasteiger partial charge in [-0.1, -0.05) is 0 Å². The van der Waals surface area contributed by atoms with Gasteiger partial charge in [-0.3, -0.25) is 4.79 Å². The number of benzene rings is 1. The lowest BCUT2D eigenvalue weighted by atomic mass is 10.1. The van der Waals surface area contributed by atoms with Gasteiger partial charge in [-0.15, -0.1) is 0 Å². The average molecular weight is 293 g/mol. The van der Waals surface area contributed by atoms with Gasteiger partial charge in [0.2, 0.25) is 5.91 Å². The van der Waals surface area contributed by atoms with Crippen LogP contribution in [0.2, 0.25) is 0 Å². The van der Waals surface area contributed by atoms with E-state index in [1.165, 1.54) is 6.08 Å². The van der Waals surface area contributed by atoms with Crippen molar-refractivity contribution in [1.82, 2.24) is 5.32 Å². The third-order valence-electron chi connectivity index (χ3n) is 2.82. The number of rotatable bonds is 9. The average Bonchev–Trinajstić information content (AvgIpc) is 2.52. The molecule has 0 fully saturated rings. The highest BCUT2D eigenvalue weighted by atomic mass is 16.5. The Morgan fingerprint density at radius 1 is 1.29 bits per heavy atom. The maximum atomic E-state index is 11.7. The molecule has 0 aliphatic rings. The fourth-order valence-corrected chi connectivity index (χ4v) is 1.72. The Morgan fingerprint density at radius 2 is 2.10 bits per heavy atom. The maximum Gasteiger partial charge on any atom is 0.244 e. The molecule has 0 saturated heterocycles. The maximum absolute atomic E-state index is 11.7. The second-order valence-corrected chi connectivity index (χ2v) is 4.28. The lowest BCUT2D eigenvalue weighted by molar-refractivity contribution is -0.116. The molecule has 0 spiro atoms. The van der Waals surface area contributed by atoms with Crippen molar-refractivity contribution in [2.75, 3.05) is 34.0 Å². The predicted molar refractivity (Wildman–Crippen MR) is 82.7 cm³/mol. The summed E-state index contributed by atoms with van der Waals surface area (Å²) in [6, 6.07) is 5.43. The highest BCUT2D eigenvalue weighted by Crippen LogP contribution is 2.24. The molecule has 21 heavy (non-hydrogen) atoms. The van der Waals surface area contributed by atoms with Gasteiger partial charge in [0.25, 0.3) is 0 Å². The molecule has 5 nitrogen and oxygen atoms in total. The Bertz CT molecular complexity index is 471. The molecule has 1 aromatic carbocycles. The van der Waals surface area contributed by atoms with Gasteiger partial charge in [0.1, 0.15) is 11.5 Å². The van der Waals surface area contributed by atoms with E-state index in [0.29, 0.717) is 31.3 Å². The van der Waals surface area contributed by atoms with Crippen LogP contribution < -0.4 is 14.8 Å². The first-order chi connectivity index (χ1) is 10.2. The molecule has 5 heteroatoms. The summed E-state index contributed by atoms with van der Waals surface area (Å²) in [4.78, 5) is 11.7. The largest absolute Gasteiger partial charge is 0.497 e. The number of hydrogen-bond donors (Lipinski definition) is 1. The first kappa shape index (κ1) is 17.0. The van der Waals surface area contributed by atoms with Gasteiger partial charge in [-0.05, 0) is 37.6 Å². The number of nitrogens with one attached hydrogen (secondary N) is 1. The van der Waals surface area contributed by atoms with Gasteiger partial charge in [-0.2, -0.15) is 0 Å². The van der Waals surface area contributed by atoms with E-state index < -0.39 is 0 Å². The van der Waals surface area contributed by atoms with Gasteiger partial charge in [-0.25, -0.2) is 0 Å². The minimum atomic E-state index is -0.142. The summed E-state index contributed by atoms with van der Waals surface area (Å²) in [5.41, 5.74) is 0.793. The van der Waals surface area contributed by atoms with Crippen molar-refractivity contribution < 1.29 is 19.0 Å². The van der Waals surface area contributed by atoms with Crippen molar-refractivity contribution in [3.63, 3.8) is 0 Å². The smallest absolute Gasteiger partial charge is 0.244 e. The topological polar surface area (TPSA) is 56.8 Å². The van der Waals surface area contributed by atoms with Crippen LogP contribution in [-0.2, 0) is 9.53 Å². The third kappa shape index (κ3) is 6.31. The third-order valence-corrected chi connectivity index (χ3v) is 2.82. The Morgan fingerprint density at radius 3 is 2.76 bits per heavy atom. The van der Waals surface area contributed by atoms with Crippen molar-refractivity contribution in [2.24, 2.45) is 0 Å². The summed E-state index contributed by atoms with van der Waals surface area (Å²) in [7, 11) is 3.19.